The Kier molecular flexibility index (Phi) is 4.21. The molecular formula is C12H14ClN3O2S. The Morgan fingerprint density at radius 2 is 2.16 bits per heavy atom. The van der Waals surface area contributed by atoms with Crippen LogP contribution in [0, 0.1) is 0 Å². The second-order valence-electron chi connectivity index (χ2n) is 4.05. The molecule has 0 saturated heterocycles. The topological polar surface area (TPSA) is 64.8 Å². The normalized spacial score (nSPS) is 11.7. The summed E-state index contributed by atoms with van der Waals surface area (Å²) in [6.07, 6.45) is 4.57. The largest absolute Gasteiger partial charge is 0.333 e. The van der Waals surface area contributed by atoms with Crippen LogP contribution in [-0.2, 0) is 28.4 Å². The molecule has 0 atom stereocenters. The molecule has 0 aliphatic rings. The van der Waals surface area contributed by atoms with E-state index in [0.29, 0.717) is 25.2 Å². The lowest BCUT2D eigenvalue weighted by Gasteiger charge is -2.05. The molecule has 0 aromatic carbocycles. The Morgan fingerprint density at radius 3 is 2.74 bits per heavy atom. The van der Waals surface area contributed by atoms with Gasteiger partial charge in [-0.1, -0.05) is 13.0 Å². The Bertz CT molecular complexity index is 653. The number of rotatable bonds is 5. The van der Waals surface area contributed by atoms with Gasteiger partial charge in [-0.15, -0.1) is 0 Å². The maximum absolute atomic E-state index is 11.3. The zero-order valence-electron chi connectivity index (χ0n) is 10.5. The molecule has 0 aliphatic heterocycles. The zero-order valence-corrected chi connectivity index (χ0v) is 12.0. The van der Waals surface area contributed by atoms with Gasteiger partial charge in [-0.3, -0.25) is 4.98 Å². The molecule has 0 fully saturated rings. The molecule has 0 aliphatic carbocycles. The highest BCUT2D eigenvalue weighted by Crippen LogP contribution is 2.15. The molecular weight excluding hydrogens is 286 g/mol. The first-order chi connectivity index (χ1) is 9.00. The zero-order chi connectivity index (χ0) is 13.9. The van der Waals surface area contributed by atoms with E-state index in [1.54, 1.807) is 6.20 Å². The molecule has 0 spiro atoms. The second-order valence-corrected chi connectivity index (χ2v) is 6.56. The van der Waals surface area contributed by atoms with E-state index in [2.05, 4.69) is 9.97 Å². The van der Waals surface area contributed by atoms with Crippen LogP contribution in [0.25, 0.3) is 0 Å². The van der Waals surface area contributed by atoms with Crippen molar-refractivity contribution in [3.8, 4) is 0 Å². The van der Waals surface area contributed by atoms with Crippen molar-refractivity contribution in [2.45, 2.75) is 31.3 Å². The van der Waals surface area contributed by atoms with Crippen LogP contribution >= 0.6 is 10.7 Å². The average Bonchev–Trinajstić information content (AvgIpc) is 2.81. The monoisotopic (exact) mass is 299 g/mol. The van der Waals surface area contributed by atoms with Gasteiger partial charge in [0.25, 0.3) is 9.05 Å². The quantitative estimate of drug-likeness (QED) is 0.792. The molecule has 0 saturated carbocycles. The van der Waals surface area contributed by atoms with Crippen LogP contribution in [0.5, 0.6) is 0 Å². The van der Waals surface area contributed by atoms with Gasteiger partial charge in [0.2, 0.25) is 0 Å². The molecule has 19 heavy (non-hydrogen) atoms. The first kappa shape index (κ1) is 14.0. The highest BCUT2D eigenvalue weighted by molar-refractivity contribution is 8.13. The summed E-state index contributed by atoms with van der Waals surface area (Å²) in [6.45, 7) is 2.55. The summed E-state index contributed by atoms with van der Waals surface area (Å²) in [6, 6.07) is 5.71. The maximum atomic E-state index is 11.3. The number of pyridine rings is 1. The van der Waals surface area contributed by atoms with Crippen molar-refractivity contribution in [2.24, 2.45) is 0 Å². The summed E-state index contributed by atoms with van der Waals surface area (Å²) in [5, 5.41) is -0.0907. The minimum Gasteiger partial charge on any atom is -0.333 e. The molecule has 0 N–H and O–H groups in total. The standard InChI is InChI=1S/C12H14ClN3O2S/c1-2-11-15-12(19(13,17)18)9-16(11)8-6-10-5-3-4-7-14-10/h3-5,7,9H,2,6,8H2,1H3. The van der Waals surface area contributed by atoms with Gasteiger partial charge in [0.15, 0.2) is 5.03 Å². The van der Waals surface area contributed by atoms with Crippen LogP contribution in [0.2, 0.25) is 0 Å². The third kappa shape index (κ3) is 3.54. The summed E-state index contributed by atoms with van der Waals surface area (Å²) in [5.74, 6) is 0.704. The second kappa shape index (κ2) is 5.71. The predicted molar refractivity (Wildman–Crippen MR) is 72.6 cm³/mol. The van der Waals surface area contributed by atoms with Crippen LogP contribution in [0.1, 0.15) is 18.4 Å². The van der Waals surface area contributed by atoms with Gasteiger partial charge < -0.3 is 4.57 Å². The third-order valence-corrected chi connectivity index (χ3v) is 3.91. The summed E-state index contributed by atoms with van der Waals surface area (Å²) in [7, 11) is 1.53. The van der Waals surface area contributed by atoms with E-state index in [9.17, 15) is 8.42 Å². The minimum absolute atomic E-state index is 0.0907. The molecule has 2 heterocycles. The van der Waals surface area contributed by atoms with Crippen molar-refractivity contribution in [3.05, 3.63) is 42.1 Å². The minimum atomic E-state index is -3.77. The third-order valence-electron chi connectivity index (χ3n) is 2.74. The van der Waals surface area contributed by atoms with E-state index in [1.165, 1.54) is 6.20 Å². The Hall–Kier alpha value is -1.40. The van der Waals surface area contributed by atoms with Crippen LogP contribution in [0.4, 0.5) is 0 Å². The van der Waals surface area contributed by atoms with Crippen molar-refractivity contribution in [3.63, 3.8) is 0 Å². The number of hydrogen-bond donors (Lipinski definition) is 0. The number of hydrogen-bond acceptors (Lipinski definition) is 4. The predicted octanol–water partition coefficient (Wildman–Crippen LogP) is 2.01. The first-order valence-electron chi connectivity index (χ1n) is 5.91. The van der Waals surface area contributed by atoms with Gasteiger partial charge >= 0.3 is 0 Å². The number of halogens is 1. The lowest BCUT2D eigenvalue weighted by molar-refractivity contribution is 0.606. The summed E-state index contributed by atoms with van der Waals surface area (Å²) < 4.78 is 24.3. The van der Waals surface area contributed by atoms with Crippen molar-refractivity contribution < 1.29 is 8.42 Å². The molecule has 0 bridgehead atoms. The SMILES string of the molecule is CCc1nc(S(=O)(=O)Cl)cn1CCc1ccccn1. The molecule has 5 nitrogen and oxygen atoms in total. The number of aromatic nitrogens is 3. The molecule has 2 rings (SSSR count). The Labute approximate surface area is 116 Å². The van der Waals surface area contributed by atoms with E-state index < -0.39 is 9.05 Å². The molecule has 0 unspecified atom stereocenters. The first-order valence-corrected chi connectivity index (χ1v) is 8.22. The van der Waals surface area contributed by atoms with E-state index >= 15 is 0 Å². The van der Waals surface area contributed by atoms with Crippen LogP contribution < -0.4 is 0 Å². The van der Waals surface area contributed by atoms with Crippen molar-refractivity contribution in [1.82, 2.24) is 14.5 Å². The van der Waals surface area contributed by atoms with Crippen molar-refractivity contribution in [2.75, 3.05) is 0 Å². The lowest BCUT2D eigenvalue weighted by Crippen LogP contribution is -2.05. The smallest absolute Gasteiger partial charge is 0.280 e. The Morgan fingerprint density at radius 1 is 1.37 bits per heavy atom. The van der Waals surface area contributed by atoms with E-state index in [0.717, 1.165) is 5.69 Å². The van der Waals surface area contributed by atoms with Crippen LogP contribution in [0.15, 0.2) is 35.6 Å². The van der Waals surface area contributed by atoms with E-state index in [1.807, 2.05) is 29.7 Å². The van der Waals surface area contributed by atoms with Gasteiger partial charge in [0.05, 0.1) is 0 Å². The maximum Gasteiger partial charge on any atom is 0.280 e. The number of imidazole rings is 1. The lowest BCUT2D eigenvalue weighted by atomic mass is 10.2. The fourth-order valence-electron chi connectivity index (χ4n) is 1.80. The van der Waals surface area contributed by atoms with Gasteiger partial charge in [0.1, 0.15) is 5.82 Å². The fourth-order valence-corrected chi connectivity index (χ4v) is 2.49. The highest BCUT2D eigenvalue weighted by atomic mass is 35.7. The van der Waals surface area contributed by atoms with E-state index in [4.69, 9.17) is 10.7 Å². The van der Waals surface area contributed by atoms with E-state index in [-0.39, 0.29) is 5.03 Å². The number of nitrogens with zero attached hydrogens (tertiary/aromatic N) is 3. The molecule has 0 amide bonds. The summed E-state index contributed by atoms with van der Waals surface area (Å²) >= 11 is 0. The van der Waals surface area contributed by atoms with Crippen LogP contribution in [-0.4, -0.2) is 23.0 Å². The van der Waals surface area contributed by atoms with Gasteiger partial charge in [-0.25, -0.2) is 13.4 Å². The van der Waals surface area contributed by atoms with Gasteiger partial charge in [0, 0.05) is 48.2 Å². The average molecular weight is 300 g/mol. The molecule has 7 heteroatoms. The number of aryl methyl sites for hydroxylation is 3. The molecule has 2 aromatic heterocycles. The van der Waals surface area contributed by atoms with Crippen molar-refractivity contribution >= 4 is 19.7 Å². The van der Waals surface area contributed by atoms with Gasteiger partial charge in [-0.05, 0) is 12.1 Å². The molecule has 0 radical (unpaired) electrons. The Balaban J connectivity index is 2.18. The van der Waals surface area contributed by atoms with Crippen LogP contribution in [0.3, 0.4) is 0 Å². The van der Waals surface area contributed by atoms with Gasteiger partial charge in [-0.2, -0.15) is 0 Å². The highest BCUT2D eigenvalue weighted by Gasteiger charge is 2.16. The molecule has 2 aromatic rings. The van der Waals surface area contributed by atoms with Crippen molar-refractivity contribution in [1.29, 1.82) is 0 Å². The molecule has 102 valence electrons. The summed E-state index contributed by atoms with van der Waals surface area (Å²) in [4.78, 5) is 8.26. The fraction of sp³-hybridized carbons (Fsp3) is 0.333. The summed E-state index contributed by atoms with van der Waals surface area (Å²) in [5.41, 5.74) is 0.952.